The first-order valence-electron chi connectivity index (χ1n) is 5.25. The third-order valence-electron chi connectivity index (χ3n) is 2.19. The maximum Gasteiger partial charge on any atom is 0.348 e. The summed E-state index contributed by atoms with van der Waals surface area (Å²) in [5.41, 5.74) is 0. The molecule has 0 spiro atoms. The van der Waals surface area contributed by atoms with E-state index in [0.717, 1.165) is 5.82 Å². The van der Waals surface area contributed by atoms with Crippen molar-refractivity contribution in [3.63, 3.8) is 0 Å². The average molecular weight is 503 g/mol. The molecule has 1 saturated heterocycles. The summed E-state index contributed by atoms with van der Waals surface area (Å²) in [5, 5.41) is 0. The molecule has 0 aromatic heterocycles. The minimum atomic E-state index is -4.18. The van der Waals surface area contributed by atoms with Crippen molar-refractivity contribution in [1.29, 1.82) is 0 Å². The number of hydrogen-bond donors (Lipinski definition) is 2. The minimum Gasteiger partial charge on any atom is -0.542 e. The van der Waals surface area contributed by atoms with Crippen molar-refractivity contribution in [3.8, 4) is 0 Å². The van der Waals surface area contributed by atoms with E-state index in [2.05, 4.69) is 0 Å². The Kier molecular flexibility index (Phi) is 8.56. The zero-order valence-corrected chi connectivity index (χ0v) is 15.6. The van der Waals surface area contributed by atoms with Gasteiger partial charge in [0.2, 0.25) is 0 Å². The Morgan fingerprint density at radius 3 is 2.50 bits per heavy atom. The summed E-state index contributed by atoms with van der Waals surface area (Å²) < 4.78 is 26.8. The summed E-state index contributed by atoms with van der Waals surface area (Å²) in [6.07, 6.45) is -0.0103. The normalized spacial score (nSPS) is 28.9. The van der Waals surface area contributed by atoms with Crippen LogP contribution in [0.15, 0.2) is 11.9 Å². The first-order valence-corrected chi connectivity index (χ1v) is 6.93. The van der Waals surface area contributed by atoms with Gasteiger partial charge in [-0.15, -0.1) is 0 Å². The smallest absolute Gasteiger partial charge is 0.348 e. The Labute approximate surface area is 131 Å². The largest absolute Gasteiger partial charge is 0.542 e. The van der Waals surface area contributed by atoms with Crippen LogP contribution in [-0.2, 0) is 18.8 Å². The zero-order valence-electron chi connectivity index (χ0n) is 10.5. The van der Waals surface area contributed by atoms with Gasteiger partial charge in [-0.05, 0) is 26.0 Å². The molecule has 0 bridgehead atoms. The number of hydrogen-bond acceptors (Lipinski definition) is 4. The number of methoxy groups -OCH3 is 1. The first-order chi connectivity index (χ1) is 7.83. The summed E-state index contributed by atoms with van der Waals surface area (Å²) in [4.78, 5) is 17.5. The molecule has 1 aliphatic rings. The van der Waals surface area contributed by atoms with Crippen LogP contribution in [-0.4, -0.2) is 41.3 Å². The van der Waals surface area contributed by atoms with Gasteiger partial charge in [0.05, 0.1) is 18.3 Å². The summed E-state index contributed by atoms with van der Waals surface area (Å²) in [6, 6.07) is 0. The predicted molar refractivity (Wildman–Crippen MR) is 61.2 cm³/mol. The molecule has 2 unspecified atom stereocenters. The molecular formula is C10H18O6PU-. The molecule has 1 aliphatic heterocycles. The Morgan fingerprint density at radius 1 is 1.44 bits per heavy atom. The number of rotatable bonds is 5. The molecule has 0 aromatic rings. The van der Waals surface area contributed by atoms with Crippen LogP contribution in [0.1, 0.15) is 13.8 Å². The summed E-state index contributed by atoms with van der Waals surface area (Å²) in [6.45, 7) is 5.21. The van der Waals surface area contributed by atoms with Crippen LogP contribution in [0.5, 0.6) is 0 Å². The fourth-order valence-electron chi connectivity index (χ4n) is 1.52. The van der Waals surface area contributed by atoms with Crippen LogP contribution in [0.2, 0.25) is 0 Å². The Morgan fingerprint density at radius 2 is 2.06 bits per heavy atom. The van der Waals surface area contributed by atoms with Crippen molar-refractivity contribution in [2.75, 3.05) is 7.11 Å². The van der Waals surface area contributed by atoms with Crippen LogP contribution in [0.3, 0.4) is 0 Å². The third-order valence-corrected chi connectivity index (χ3v) is 2.75. The molecule has 104 valence electrons. The molecule has 2 N–H and O–H groups in total. The van der Waals surface area contributed by atoms with Crippen molar-refractivity contribution in [2.24, 2.45) is 0 Å². The summed E-state index contributed by atoms with van der Waals surface area (Å²) in [5.74, 6) is 0.820. The van der Waals surface area contributed by atoms with Gasteiger partial charge in [0.1, 0.15) is 0 Å². The monoisotopic (exact) mass is 503 g/mol. The van der Waals surface area contributed by atoms with Gasteiger partial charge in [0.15, 0.2) is 0 Å². The van der Waals surface area contributed by atoms with Crippen LogP contribution >= 0.6 is 7.60 Å². The van der Waals surface area contributed by atoms with Gasteiger partial charge in [-0.25, -0.2) is 0 Å². The van der Waals surface area contributed by atoms with E-state index in [1.165, 1.54) is 19.8 Å². The quantitative estimate of drug-likeness (QED) is 0.431. The fourth-order valence-corrected chi connectivity index (χ4v) is 1.91. The second-order valence-corrected chi connectivity index (χ2v) is 5.49. The van der Waals surface area contributed by atoms with Crippen molar-refractivity contribution < 1.29 is 59.7 Å². The van der Waals surface area contributed by atoms with Crippen LogP contribution in [0, 0.1) is 37.7 Å². The van der Waals surface area contributed by atoms with Gasteiger partial charge in [-0.3, -0.25) is 4.57 Å². The fraction of sp³-hybridized carbons (Fsp3) is 0.700. The molecule has 1 heterocycles. The van der Waals surface area contributed by atoms with E-state index in [-0.39, 0.29) is 43.3 Å². The molecule has 1 rings (SSSR count). The molecule has 8 heteroatoms. The van der Waals surface area contributed by atoms with E-state index < -0.39 is 19.8 Å². The maximum absolute atomic E-state index is 10.7. The second-order valence-electron chi connectivity index (χ2n) is 4.02. The maximum atomic E-state index is 10.7. The molecule has 1 fully saturated rings. The molecule has 0 aliphatic carbocycles. The predicted octanol–water partition coefficient (Wildman–Crippen LogP) is 1.05. The van der Waals surface area contributed by atoms with E-state index in [1.807, 2.05) is 13.8 Å². The SMILES string of the molecule is COC1[CH-]O[C@H](/C=C/P(=O)(O)O)C1OC(C)C.[U]. The van der Waals surface area contributed by atoms with Gasteiger partial charge >= 0.3 is 7.60 Å². The first kappa shape index (κ1) is 18.8. The van der Waals surface area contributed by atoms with Crippen molar-refractivity contribution in [1.82, 2.24) is 0 Å². The van der Waals surface area contributed by atoms with Crippen molar-refractivity contribution in [3.05, 3.63) is 18.5 Å². The molecule has 18 heavy (non-hydrogen) atoms. The van der Waals surface area contributed by atoms with E-state index >= 15 is 0 Å². The molecule has 0 saturated carbocycles. The number of ether oxygens (including phenoxy) is 3. The van der Waals surface area contributed by atoms with E-state index in [1.54, 1.807) is 0 Å². The molecule has 3 atom stereocenters. The van der Waals surface area contributed by atoms with Crippen LogP contribution < -0.4 is 0 Å². The third kappa shape index (κ3) is 6.32. The molecule has 0 radical (unpaired) electrons. The van der Waals surface area contributed by atoms with Gasteiger partial charge < -0.3 is 24.0 Å². The second kappa shape index (κ2) is 8.19. The Balaban J connectivity index is 0.00000289. The van der Waals surface area contributed by atoms with Gasteiger partial charge in [0, 0.05) is 44.0 Å². The van der Waals surface area contributed by atoms with Crippen molar-refractivity contribution in [2.45, 2.75) is 38.3 Å². The Bertz CT molecular complexity index is 315. The average Bonchev–Trinajstić information content (AvgIpc) is 2.55. The molecule has 6 nitrogen and oxygen atoms in total. The van der Waals surface area contributed by atoms with Gasteiger partial charge in [-0.2, -0.15) is 6.61 Å². The Hall–Kier alpha value is 0.822. The molecular weight excluding hydrogens is 485 g/mol. The minimum absolute atomic E-state index is 0. The van der Waals surface area contributed by atoms with Crippen molar-refractivity contribution >= 4 is 7.60 Å². The zero-order chi connectivity index (χ0) is 13.1. The van der Waals surface area contributed by atoms with E-state index in [9.17, 15) is 4.57 Å². The molecule has 0 aromatic carbocycles. The van der Waals surface area contributed by atoms with E-state index in [4.69, 9.17) is 24.0 Å². The van der Waals surface area contributed by atoms with Crippen LogP contribution in [0.4, 0.5) is 0 Å². The van der Waals surface area contributed by atoms with Gasteiger partial charge in [0.25, 0.3) is 0 Å². The van der Waals surface area contributed by atoms with Gasteiger partial charge in [-0.1, -0.05) is 0 Å². The molecule has 0 amide bonds. The van der Waals surface area contributed by atoms with Crippen LogP contribution in [0.25, 0.3) is 0 Å². The van der Waals surface area contributed by atoms with E-state index in [0.29, 0.717) is 0 Å². The summed E-state index contributed by atoms with van der Waals surface area (Å²) >= 11 is 0. The summed E-state index contributed by atoms with van der Waals surface area (Å²) in [7, 11) is -2.65. The standard InChI is InChI=1S/C10H18O6P.U/c1-7(2)16-10-8(4-5-17(11,12)13)15-6-9(10)14-3;/h4-10H,1-3H3,(H2,11,12,13);/q-1;/b5-4+;/t8-,9?,10?;/m1./s1. The topological polar surface area (TPSA) is 85.2 Å².